The molecule has 2 aromatic heterocycles. The second-order valence-electron chi connectivity index (χ2n) is 12.3. The fraction of sp³-hybridized carbons (Fsp3) is 0.474. The van der Waals surface area contributed by atoms with Gasteiger partial charge in [-0.3, -0.25) is 0 Å². The molecule has 0 saturated carbocycles. The number of fused-ring (bicyclic) bond motifs is 2. The average Bonchev–Trinajstić information content (AvgIpc) is 3.63. The lowest BCUT2D eigenvalue weighted by molar-refractivity contribution is 0.474. The molecule has 0 aliphatic heterocycles. The maximum Gasteiger partial charge on any atom is 0.148 e. The highest BCUT2D eigenvalue weighted by atomic mass is 79.9. The number of anilines is 2. The van der Waals surface area contributed by atoms with Gasteiger partial charge >= 0.3 is 0 Å². The Kier molecular flexibility index (Phi) is 11.9. The highest BCUT2D eigenvalue weighted by Gasteiger charge is 2.33. The Balaban J connectivity index is 0.000000181. The van der Waals surface area contributed by atoms with Gasteiger partial charge in [0.05, 0.1) is 34.9 Å². The molecule has 2 aliphatic carbocycles. The van der Waals surface area contributed by atoms with Crippen molar-refractivity contribution in [2.45, 2.75) is 105 Å². The van der Waals surface area contributed by atoms with Crippen LogP contribution in [0.15, 0.2) is 57.7 Å². The molecule has 4 aromatic rings. The normalized spacial score (nSPS) is 19.7. The minimum atomic E-state index is 0.335. The first-order valence-corrected chi connectivity index (χ1v) is 18.7. The third kappa shape index (κ3) is 7.33. The first-order valence-electron chi connectivity index (χ1n) is 17.1. The Morgan fingerprint density at radius 2 is 0.913 bits per heavy atom. The van der Waals surface area contributed by atoms with Crippen molar-refractivity contribution in [2.75, 3.05) is 10.6 Å². The van der Waals surface area contributed by atoms with Crippen molar-refractivity contribution in [1.29, 1.82) is 0 Å². The highest BCUT2D eigenvalue weighted by molar-refractivity contribution is 9.10. The van der Waals surface area contributed by atoms with Gasteiger partial charge in [-0.15, -0.1) is 0 Å². The first kappa shape index (κ1) is 34.5. The zero-order chi connectivity index (χ0) is 32.8. The number of hydrogen-bond acceptors (Lipinski definition) is 6. The Labute approximate surface area is 292 Å². The van der Waals surface area contributed by atoms with E-state index in [2.05, 4.69) is 133 Å². The minimum Gasteiger partial charge on any atom is -0.361 e. The van der Waals surface area contributed by atoms with Crippen LogP contribution in [-0.2, 0) is 38.5 Å². The maximum absolute atomic E-state index is 4.85. The summed E-state index contributed by atoms with van der Waals surface area (Å²) in [5, 5.41) is 7.45. The monoisotopic (exact) mass is 746 g/mol. The van der Waals surface area contributed by atoms with Gasteiger partial charge in [-0.1, -0.05) is 103 Å². The van der Waals surface area contributed by atoms with Crippen molar-refractivity contribution in [1.82, 2.24) is 19.9 Å². The lowest BCUT2D eigenvalue weighted by atomic mass is 9.98. The van der Waals surface area contributed by atoms with Crippen LogP contribution in [0.2, 0.25) is 0 Å². The number of nitrogens with one attached hydrogen (secondary N) is 2. The Bertz CT molecular complexity index is 1520. The van der Waals surface area contributed by atoms with E-state index in [1.807, 2.05) is 0 Å². The van der Waals surface area contributed by atoms with Crippen LogP contribution in [0.25, 0.3) is 0 Å². The molecular weight excluding hydrogens is 700 g/mol. The topological polar surface area (TPSA) is 75.6 Å². The molecule has 0 bridgehead atoms. The van der Waals surface area contributed by atoms with Gasteiger partial charge in [0.1, 0.15) is 20.8 Å². The molecule has 0 fully saturated rings. The number of aryl methyl sites for hydroxylation is 4. The molecule has 0 radical (unpaired) electrons. The van der Waals surface area contributed by atoms with Gasteiger partial charge in [0.2, 0.25) is 0 Å². The summed E-state index contributed by atoms with van der Waals surface area (Å²) in [6, 6.07) is 18.2. The average molecular weight is 749 g/mol. The summed E-state index contributed by atoms with van der Waals surface area (Å²) in [4.78, 5) is 19.1. The van der Waals surface area contributed by atoms with Gasteiger partial charge in [-0.05, 0) is 104 Å². The van der Waals surface area contributed by atoms with Crippen LogP contribution < -0.4 is 10.6 Å². The molecule has 0 saturated heterocycles. The van der Waals surface area contributed by atoms with E-state index < -0.39 is 0 Å². The van der Waals surface area contributed by atoms with E-state index in [0.29, 0.717) is 23.9 Å². The SMILES string of the molecule is CCc1nc(N[C@@H]2c3ccccc3CC2CC)c(CC)nc1Br.CCc1nc(N[C@@H]2c3ccccc3CC2CC)c(CC)nc1Br. The van der Waals surface area contributed by atoms with Crippen LogP contribution in [0.5, 0.6) is 0 Å². The third-order valence-electron chi connectivity index (χ3n) is 9.64. The van der Waals surface area contributed by atoms with Crippen molar-refractivity contribution in [2.24, 2.45) is 11.8 Å². The quantitative estimate of drug-likeness (QED) is 0.168. The highest BCUT2D eigenvalue weighted by Crippen LogP contribution is 2.41. The largest absolute Gasteiger partial charge is 0.361 e. The van der Waals surface area contributed by atoms with Crippen molar-refractivity contribution < 1.29 is 0 Å². The van der Waals surface area contributed by atoms with Crippen molar-refractivity contribution >= 4 is 43.5 Å². The van der Waals surface area contributed by atoms with Gasteiger partial charge in [0.15, 0.2) is 0 Å². The Hall–Kier alpha value is -2.84. The Morgan fingerprint density at radius 3 is 1.26 bits per heavy atom. The van der Waals surface area contributed by atoms with Crippen LogP contribution >= 0.6 is 31.9 Å². The molecule has 2 N–H and O–H groups in total. The molecule has 8 heteroatoms. The number of hydrogen-bond donors (Lipinski definition) is 2. The molecule has 244 valence electrons. The number of aromatic nitrogens is 4. The molecule has 2 aliphatic rings. The van der Waals surface area contributed by atoms with E-state index in [-0.39, 0.29) is 0 Å². The smallest absolute Gasteiger partial charge is 0.148 e. The first-order chi connectivity index (χ1) is 22.3. The summed E-state index contributed by atoms with van der Waals surface area (Å²) in [6.45, 7) is 13.0. The third-order valence-corrected chi connectivity index (χ3v) is 10.9. The fourth-order valence-corrected chi connectivity index (χ4v) is 8.10. The van der Waals surface area contributed by atoms with Crippen molar-refractivity contribution in [3.8, 4) is 0 Å². The number of benzene rings is 2. The number of nitrogens with zero attached hydrogens (tertiary/aromatic N) is 4. The molecule has 2 unspecified atom stereocenters. The van der Waals surface area contributed by atoms with Gasteiger partial charge in [0.25, 0.3) is 0 Å². The van der Waals surface area contributed by atoms with Crippen LogP contribution in [0.3, 0.4) is 0 Å². The summed E-state index contributed by atoms with van der Waals surface area (Å²) in [5.41, 5.74) is 9.88. The molecule has 0 spiro atoms. The summed E-state index contributed by atoms with van der Waals surface area (Å²) in [5.74, 6) is 3.14. The van der Waals surface area contributed by atoms with Gasteiger partial charge < -0.3 is 10.6 Å². The van der Waals surface area contributed by atoms with Gasteiger partial charge in [-0.2, -0.15) is 0 Å². The molecular formula is C38H48Br2N6. The molecule has 2 aromatic carbocycles. The minimum absolute atomic E-state index is 0.335. The predicted octanol–water partition coefficient (Wildman–Crippen LogP) is 10.2. The fourth-order valence-electron chi connectivity index (χ4n) is 6.94. The van der Waals surface area contributed by atoms with E-state index in [4.69, 9.17) is 19.9 Å². The van der Waals surface area contributed by atoms with E-state index in [0.717, 1.165) is 82.1 Å². The molecule has 46 heavy (non-hydrogen) atoms. The molecule has 0 amide bonds. The van der Waals surface area contributed by atoms with Crippen LogP contribution in [-0.4, -0.2) is 19.9 Å². The second kappa shape index (κ2) is 15.8. The zero-order valence-corrected chi connectivity index (χ0v) is 31.3. The van der Waals surface area contributed by atoms with E-state index in [1.54, 1.807) is 0 Å². The Morgan fingerprint density at radius 1 is 0.543 bits per heavy atom. The van der Waals surface area contributed by atoms with Crippen molar-refractivity contribution in [3.63, 3.8) is 0 Å². The summed E-state index contributed by atoms with van der Waals surface area (Å²) in [7, 11) is 0. The second-order valence-corrected chi connectivity index (χ2v) is 13.8. The van der Waals surface area contributed by atoms with Gasteiger partial charge in [0, 0.05) is 0 Å². The van der Waals surface area contributed by atoms with Crippen molar-refractivity contribution in [3.05, 3.63) is 103 Å². The van der Waals surface area contributed by atoms with Crippen LogP contribution in [0.4, 0.5) is 11.6 Å². The standard InChI is InChI=1S/2C19H24BrN3/c2*1-4-12-11-13-9-7-8-10-14(13)17(12)23-19-16(6-3)21-18(20)15(5-2)22-19/h2*7-10,12,17H,4-6,11H2,1-3H3,(H,22,23)/t2*12?,17-/m00/s1. The zero-order valence-electron chi connectivity index (χ0n) is 28.1. The van der Waals surface area contributed by atoms with Crippen LogP contribution in [0, 0.1) is 11.8 Å². The molecule has 4 atom stereocenters. The molecule has 6 rings (SSSR count). The lowest BCUT2D eigenvalue weighted by Crippen LogP contribution is -2.19. The summed E-state index contributed by atoms with van der Waals surface area (Å²) < 4.78 is 1.75. The number of rotatable bonds is 10. The van der Waals surface area contributed by atoms with E-state index >= 15 is 0 Å². The number of halogens is 2. The summed E-state index contributed by atoms with van der Waals surface area (Å²) >= 11 is 7.09. The lowest BCUT2D eigenvalue weighted by Gasteiger charge is -2.23. The molecule has 2 heterocycles. The van der Waals surface area contributed by atoms with E-state index in [1.165, 1.54) is 35.1 Å². The predicted molar refractivity (Wildman–Crippen MR) is 198 cm³/mol. The van der Waals surface area contributed by atoms with Crippen LogP contribution in [0.1, 0.15) is 111 Å². The van der Waals surface area contributed by atoms with E-state index in [9.17, 15) is 0 Å². The van der Waals surface area contributed by atoms with Gasteiger partial charge in [-0.25, -0.2) is 19.9 Å². The molecule has 6 nitrogen and oxygen atoms in total. The maximum atomic E-state index is 4.85. The summed E-state index contributed by atoms with van der Waals surface area (Å²) in [6.07, 6.45) is 8.14.